The van der Waals surface area contributed by atoms with Crippen LogP contribution in [0.15, 0.2) is 0 Å². The molecule has 0 bridgehead atoms. The fraction of sp³-hybridized carbons (Fsp3) is 0.500. The van der Waals surface area contributed by atoms with E-state index in [2.05, 4.69) is 28.2 Å². The Labute approximate surface area is 84.5 Å². The zero-order valence-corrected chi connectivity index (χ0v) is 8.39. The Hall–Kier alpha value is -1.00. The van der Waals surface area contributed by atoms with Crippen molar-refractivity contribution in [1.29, 1.82) is 0 Å². The van der Waals surface area contributed by atoms with Crippen LogP contribution in [-0.4, -0.2) is 39.5 Å². The van der Waals surface area contributed by atoms with Crippen LogP contribution in [0, 0.1) is 0 Å². The van der Waals surface area contributed by atoms with E-state index in [0.29, 0.717) is 6.29 Å². The first kappa shape index (κ1) is 11.1. The van der Waals surface area contributed by atoms with Gasteiger partial charge in [-0.15, -0.1) is 5.10 Å². The Morgan fingerprint density at radius 3 is 2.79 bits per heavy atom. The zero-order chi connectivity index (χ0) is 10.8. The van der Waals surface area contributed by atoms with Crippen LogP contribution >= 0.6 is 12.6 Å². The van der Waals surface area contributed by atoms with Gasteiger partial charge >= 0.3 is 0 Å². The Balaban J connectivity index is 2.99. The highest BCUT2D eigenvalue weighted by Crippen LogP contribution is 2.13. The number of rotatable bonds is 4. The van der Waals surface area contributed by atoms with E-state index in [1.165, 1.54) is 0 Å². The smallest absolute Gasteiger partial charge is 0.285 e. The SMILES string of the molecule is O=CC(S)c1nnnn1CS(=O)(=O)O. The molecule has 1 N–H and O–H groups in total. The van der Waals surface area contributed by atoms with Gasteiger partial charge in [0.2, 0.25) is 0 Å². The van der Waals surface area contributed by atoms with E-state index in [1.807, 2.05) is 0 Å². The maximum atomic E-state index is 10.5. The molecule has 10 heteroatoms. The van der Waals surface area contributed by atoms with E-state index in [1.54, 1.807) is 0 Å². The summed E-state index contributed by atoms with van der Waals surface area (Å²) in [4.78, 5) is 10.3. The van der Waals surface area contributed by atoms with Crippen molar-refractivity contribution >= 4 is 29.0 Å². The summed E-state index contributed by atoms with van der Waals surface area (Å²) in [5.41, 5.74) is 0. The lowest BCUT2D eigenvalue weighted by molar-refractivity contribution is -0.107. The van der Waals surface area contributed by atoms with Gasteiger partial charge in [0, 0.05) is 0 Å². The van der Waals surface area contributed by atoms with E-state index in [9.17, 15) is 13.2 Å². The third kappa shape index (κ3) is 2.75. The average molecular weight is 238 g/mol. The van der Waals surface area contributed by atoms with Gasteiger partial charge in [0.15, 0.2) is 11.7 Å². The van der Waals surface area contributed by atoms with Crippen LogP contribution in [0.4, 0.5) is 0 Å². The number of tetrazole rings is 1. The van der Waals surface area contributed by atoms with E-state index in [0.717, 1.165) is 4.68 Å². The number of thiol groups is 1. The van der Waals surface area contributed by atoms with Crippen molar-refractivity contribution in [1.82, 2.24) is 20.2 Å². The highest BCUT2D eigenvalue weighted by Gasteiger charge is 2.18. The molecule has 0 aliphatic rings. The molecule has 1 unspecified atom stereocenters. The number of carbonyl (C=O) groups is 1. The van der Waals surface area contributed by atoms with Crippen molar-refractivity contribution < 1.29 is 17.8 Å². The molecule has 8 nitrogen and oxygen atoms in total. The summed E-state index contributed by atoms with van der Waals surface area (Å²) >= 11 is 3.80. The van der Waals surface area contributed by atoms with Crippen molar-refractivity contribution in [2.24, 2.45) is 0 Å². The standard InChI is InChI=1S/C4H6N4O4S2/c9-1-3(13)4-5-6-7-8(4)2-14(10,11)12/h1,3,13H,2H2,(H,10,11,12). The van der Waals surface area contributed by atoms with Crippen LogP contribution in [-0.2, 0) is 20.8 Å². The lowest BCUT2D eigenvalue weighted by atomic mass is 10.4. The Bertz CT molecular complexity index is 426. The quantitative estimate of drug-likeness (QED) is 0.380. The van der Waals surface area contributed by atoms with E-state index < -0.39 is 21.2 Å². The second-order valence-electron chi connectivity index (χ2n) is 2.33. The molecule has 0 amide bonds. The number of aromatic nitrogens is 4. The molecule has 1 heterocycles. The summed E-state index contributed by atoms with van der Waals surface area (Å²) in [5.74, 6) is -0.846. The van der Waals surface area contributed by atoms with E-state index in [4.69, 9.17) is 4.55 Å². The summed E-state index contributed by atoms with van der Waals surface area (Å²) in [6, 6.07) is 0. The molecule has 78 valence electrons. The Kier molecular flexibility index (Phi) is 3.18. The van der Waals surface area contributed by atoms with Gasteiger partial charge in [-0.25, -0.2) is 4.68 Å². The second kappa shape index (κ2) is 4.02. The van der Waals surface area contributed by atoms with Gasteiger partial charge in [0.1, 0.15) is 11.5 Å². The maximum absolute atomic E-state index is 10.5. The van der Waals surface area contributed by atoms with E-state index in [-0.39, 0.29) is 5.82 Å². The number of carbonyl (C=O) groups excluding carboxylic acids is 1. The first-order valence-corrected chi connectivity index (χ1v) is 5.41. The number of hydrogen-bond donors (Lipinski definition) is 2. The molecule has 1 rings (SSSR count). The lowest BCUT2D eigenvalue weighted by Crippen LogP contribution is -2.15. The highest BCUT2D eigenvalue weighted by molar-refractivity contribution is 7.84. The van der Waals surface area contributed by atoms with Gasteiger partial charge in [-0.2, -0.15) is 21.0 Å². The molecule has 1 aromatic rings. The van der Waals surface area contributed by atoms with Crippen LogP contribution in [0.1, 0.15) is 11.1 Å². The first-order valence-electron chi connectivity index (χ1n) is 3.28. The predicted octanol–water partition coefficient (Wildman–Crippen LogP) is -1.31. The van der Waals surface area contributed by atoms with Crippen molar-refractivity contribution in [3.8, 4) is 0 Å². The minimum Gasteiger partial charge on any atom is -0.302 e. The Morgan fingerprint density at radius 1 is 1.64 bits per heavy atom. The molecule has 0 aliphatic heterocycles. The molecular weight excluding hydrogens is 232 g/mol. The van der Waals surface area contributed by atoms with Crippen molar-refractivity contribution in [3.63, 3.8) is 0 Å². The molecular formula is C4H6N4O4S2. The maximum Gasteiger partial charge on any atom is 0.285 e. The molecule has 0 aromatic carbocycles. The molecule has 0 aliphatic carbocycles. The second-order valence-corrected chi connectivity index (χ2v) is 4.31. The number of aldehydes is 1. The Morgan fingerprint density at radius 2 is 2.29 bits per heavy atom. The third-order valence-electron chi connectivity index (χ3n) is 1.24. The van der Waals surface area contributed by atoms with Gasteiger partial charge < -0.3 is 4.79 Å². The van der Waals surface area contributed by atoms with Crippen molar-refractivity contribution in [3.05, 3.63) is 5.82 Å². The van der Waals surface area contributed by atoms with Crippen molar-refractivity contribution in [2.75, 3.05) is 0 Å². The highest BCUT2D eigenvalue weighted by atomic mass is 32.2. The fourth-order valence-corrected chi connectivity index (χ4v) is 1.41. The predicted molar refractivity (Wildman–Crippen MR) is 47.2 cm³/mol. The molecule has 14 heavy (non-hydrogen) atoms. The molecule has 0 saturated heterocycles. The molecule has 1 atom stereocenters. The fourth-order valence-electron chi connectivity index (χ4n) is 0.731. The van der Waals surface area contributed by atoms with Gasteiger partial charge in [-0.05, 0) is 10.4 Å². The van der Waals surface area contributed by atoms with Gasteiger partial charge in [0.25, 0.3) is 10.1 Å². The molecule has 0 spiro atoms. The summed E-state index contributed by atoms with van der Waals surface area (Å²) in [7, 11) is -4.24. The van der Waals surface area contributed by atoms with E-state index >= 15 is 0 Å². The molecule has 1 aromatic heterocycles. The minimum absolute atomic E-state index is 0.0408. The number of hydrogen-bond acceptors (Lipinski definition) is 7. The monoisotopic (exact) mass is 238 g/mol. The molecule has 0 radical (unpaired) electrons. The van der Waals surface area contributed by atoms with Crippen LogP contribution < -0.4 is 0 Å². The molecule has 0 fully saturated rings. The normalized spacial score (nSPS) is 13.9. The van der Waals surface area contributed by atoms with Crippen molar-refractivity contribution in [2.45, 2.75) is 11.1 Å². The van der Waals surface area contributed by atoms with Crippen LogP contribution in [0.2, 0.25) is 0 Å². The topological polar surface area (TPSA) is 115 Å². The van der Waals surface area contributed by atoms with Crippen LogP contribution in [0.5, 0.6) is 0 Å². The summed E-state index contributed by atoms with van der Waals surface area (Å²) in [6.07, 6.45) is 0.440. The van der Waals surface area contributed by atoms with Crippen LogP contribution in [0.25, 0.3) is 0 Å². The first-order chi connectivity index (χ1) is 6.44. The number of nitrogens with zero attached hydrogens (tertiary/aromatic N) is 4. The third-order valence-corrected chi connectivity index (χ3v) is 2.16. The summed E-state index contributed by atoms with van der Waals surface area (Å²) in [6.45, 7) is 0. The summed E-state index contributed by atoms with van der Waals surface area (Å²) in [5, 5.41) is 8.90. The van der Waals surface area contributed by atoms with Gasteiger partial charge in [-0.3, -0.25) is 4.55 Å². The largest absolute Gasteiger partial charge is 0.302 e. The van der Waals surface area contributed by atoms with Gasteiger partial charge in [-0.1, -0.05) is 0 Å². The zero-order valence-electron chi connectivity index (χ0n) is 6.68. The minimum atomic E-state index is -4.24. The molecule has 0 saturated carbocycles. The average Bonchev–Trinajstić information content (AvgIpc) is 2.48. The lowest BCUT2D eigenvalue weighted by Gasteiger charge is -2.02. The van der Waals surface area contributed by atoms with Crippen LogP contribution in [0.3, 0.4) is 0 Å². The summed E-state index contributed by atoms with van der Waals surface area (Å²) < 4.78 is 30.3. The van der Waals surface area contributed by atoms with Gasteiger partial charge in [0.05, 0.1) is 0 Å².